The Kier molecular flexibility index (Phi) is 6.10. The number of rotatable bonds is 5. The summed E-state index contributed by atoms with van der Waals surface area (Å²) < 4.78 is 5.15. The van der Waals surface area contributed by atoms with Gasteiger partial charge in [0, 0.05) is 11.2 Å². The van der Waals surface area contributed by atoms with E-state index >= 15 is 0 Å². The van der Waals surface area contributed by atoms with Crippen molar-refractivity contribution in [2.24, 2.45) is 5.92 Å². The van der Waals surface area contributed by atoms with Crippen LogP contribution < -0.4 is 0 Å². The largest absolute Gasteiger partial charge is 0.455 e. The number of halogens is 1. The van der Waals surface area contributed by atoms with Gasteiger partial charge in [-0.15, -0.1) is 0 Å². The normalized spacial score (nSPS) is 13.4. The van der Waals surface area contributed by atoms with Gasteiger partial charge in [-0.25, -0.2) is 4.79 Å². The molecule has 0 spiro atoms. The van der Waals surface area contributed by atoms with Crippen LogP contribution in [-0.2, 0) is 9.53 Å². The molecule has 0 aliphatic heterocycles. The van der Waals surface area contributed by atoms with Gasteiger partial charge in [0.15, 0.2) is 0 Å². The maximum atomic E-state index is 11.6. The van der Waals surface area contributed by atoms with Gasteiger partial charge in [0.2, 0.25) is 0 Å². The maximum Gasteiger partial charge on any atom is 0.352 e. The van der Waals surface area contributed by atoms with E-state index in [0.717, 1.165) is 18.2 Å². The summed E-state index contributed by atoms with van der Waals surface area (Å²) in [6, 6.07) is 0. The highest BCUT2D eigenvalue weighted by atomic mass is 79.9. The molecule has 3 nitrogen and oxygen atoms in total. The zero-order valence-electron chi connectivity index (χ0n) is 9.89. The fourth-order valence-corrected chi connectivity index (χ4v) is 1.74. The SMILES string of the molecule is CC[C@@H](CCBr)C(=N)C(=O)OC(C)(C)C. The van der Waals surface area contributed by atoms with Crippen LogP contribution in [0.5, 0.6) is 0 Å². The third-order valence-corrected chi connectivity index (χ3v) is 2.44. The van der Waals surface area contributed by atoms with Crippen LogP contribution in [0.25, 0.3) is 0 Å². The molecule has 0 aromatic rings. The average molecular weight is 278 g/mol. The zero-order valence-corrected chi connectivity index (χ0v) is 11.5. The summed E-state index contributed by atoms with van der Waals surface area (Å²) in [6.45, 7) is 7.41. The first-order chi connectivity index (χ1) is 6.81. The highest BCUT2D eigenvalue weighted by Crippen LogP contribution is 2.15. The number of carbonyl (C=O) groups excluding carboxylic acids is 1. The van der Waals surface area contributed by atoms with Crippen LogP contribution in [0.4, 0.5) is 0 Å². The molecule has 0 heterocycles. The third-order valence-electron chi connectivity index (χ3n) is 1.98. The molecule has 15 heavy (non-hydrogen) atoms. The molecule has 88 valence electrons. The standard InChI is InChI=1S/C11H20BrNO2/c1-5-8(6-7-12)9(13)10(14)15-11(2,3)4/h8,13H,5-7H2,1-4H3/t8-/m0/s1. The summed E-state index contributed by atoms with van der Waals surface area (Å²) in [7, 11) is 0. The number of ether oxygens (including phenoxy) is 1. The zero-order chi connectivity index (χ0) is 12.1. The summed E-state index contributed by atoms with van der Waals surface area (Å²) in [5.74, 6) is -0.491. The Hall–Kier alpha value is -0.380. The predicted octanol–water partition coefficient (Wildman–Crippen LogP) is 3.16. The fraction of sp³-hybridized carbons (Fsp3) is 0.818. The van der Waals surface area contributed by atoms with Crippen molar-refractivity contribution >= 4 is 27.6 Å². The summed E-state index contributed by atoms with van der Waals surface area (Å²) in [6.07, 6.45) is 1.60. The first-order valence-electron chi connectivity index (χ1n) is 5.19. The molecule has 1 atom stereocenters. The molecule has 0 amide bonds. The lowest BCUT2D eigenvalue weighted by Crippen LogP contribution is -2.32. The van der Waals surface area contributed by atoms with E-state index in [9.17, 15) is 4.79 Å². The van der Waals surface area contributed by atoms with Gasteiger partial charge in [0.1, 0.15) is 11.3 Å². The van der Waals surface area contributed by atoms with Gasteiger partial charge >= 0.3 is 5.97 Å². The van der Waals surface area contributed by atoms with Crippen molar-refractivity contribution in [3.8, 4) is 0 Å². The molecule has 0 rings (SSSR count). The Balaban J connectivity index is 4.36. The van der Waals surface area contributed by atoms with E-state index in [2.05, 4.69) is 15.9 Å². The number of hydrogen-bond acceptors (Lipinski definition) is 3. The van der Waals surface area contributed by atoms with Crippen LogP contribution in [0, 0.1) is 11.3 Å². The van der Waals surface area contributed by atoms with Crippen LogP contribution in [-0.4, -0.2) is 22.6 Å². The van der Waals surface area contributed by atoms with Crippen molar-refractivity contribution in [3.63, 3.8) is 0 Å². The molecule has 0 radical (unpaired) electrons. The molecular weight excluding hydrogens is 258 g/mol. The van der Waals surface area contributed by atoms with Crippen molar-refractivity contribution in [2.75, 3.05) is 5.33 Å². The maximum absolute atomic E-state index is 11.6. The first kappa shape index (κ1) is 14.6. The highest BCUT2D eigenvalue weighted by Gasteiger charge is 2.24. The Morgan fingerprint density at radius 2 is 2.00 bits per heavy atom. The number of nitrogens with one attached hydrogen (secondary N) is 1. The van der Waals surface area contributed by atoms with Gasteiger partial charge in [-0.2, -0.15) is 0 Å². The molecule has 4 heteroatoms. The van der Waals surface area contributed by atoms with Crippen molar-refractivity contribution in [1.82, 2.24) is 0 Å². The molecule has 0 aromatic heterocycles. The second-order valence-electron chi connectivity index (χ2n) is 4.50. The number of alkyl halides is 1. The van der Waals surface area contributed by atoms with E-state index in [4.69, 9.17) is 10.1 Å². The minimum absolute atomic E-state index is 0.000718. The average Bonchev–Trinajstić information content (AvgIpc) is 2.10. The Bertz CT molecular complexity index is 233. The van der Waals surface area contributed by atoms with Gasteiger partial charge in [0.25, 0.3) is 0 Å². The minimum atomic E-state index is -0.518. The van der Waals surface area contributed by atoms with E-state index in [0.29, 0.717) is 0 Å². The lowest BCUT2D eigenvalue weighted by Gasteiger charge is -2.22. The van der Waals surface area contributed by atoms with Gasteiger partial charge in [0.05, 0.1) is 0 Å². The number of carbonyl (C=O) groups is 1. The van der Waals surface area contributed by atoms with E-state index in [1.165, 1.54) is 0 Å². The summed E-state index contributed by atoms with van der Waals surface area (Å²) in [5, 5.41) is 8.54. The Morgan fingerprint density at radius 3 is 2.33 bits per heavy atom. The molecule has 0 aliphatic rings. The summed E-state index contributed by atoms with van der Waals surface area (Å²) in [4.78, 5) is 11.6. The van der Waals surface area contributed by atoms with Crippen molar-refractivity contribution in [1.29, 1.82) is 5.41 Å². The molecule has 0 aromatic carbocycles. The third kappa shape index (κ3) is 5.92. The molecule has 0 saturated heterocycles. The van der Waals surface area contributed by atoms with Crippen LogP contribution in [0.15, 0.2) is 0 Å². The van der Waals surface area contributed by atoms with E-state index < -0.39 is 11.6 Å². The molecule has 0 saturated carbocycles. The van der Waals surface area contributed by atoms with Crippen LogP contribution in [0.1, 0.15) is 40.5 Å². The van der Waals surface area contributed by atoms with Crippen LogP contribution in [0.3, 0.4) is 0 Å². The molecule has 0 aliphatic carbocycles. The molecule has 0 bridgehead atoms. The predicted molar refractivity (Wildman–Crippen MR) is 65.8 cm³/mol. The smallest absolute Gasteiger partial charge is 0.352 e. The Morgan fingerprint density at radius 1 is 1.47 bits per heavy atom. The minimum Gasteiger partial charge on any atom is -0.455 e. The van der Waals surface area contributed by atoms with Crippen LogP contribution >= 0.6 is 15.9 Å². The highest BCUT2D eigenvalue weighted by molar-refractivity contribution is 9.09. The molecular formula is C11H20BrNO2. The summed E-state index contributed by atoms with van der Waals surface area (Å²) in [5.41, 5.74) is -0.428. The quantitative estimate of drug-likeness (QED) is 0.477. The van der Waals surface area contributed by atoms with E-state index in [1.54, 1.807) is 0 Å². The van der Waals surface area contributed by atoms with Gasteiger partial charge in [-0.3, -0.25) is 5.41 Å². The van der Waals surface area contributed by atoms with E-state index in [-0.39, 0.29) is 11.6 Å². The first-order valence-corrected chi connectivity index (χ1v) is 6.31. The van der Waals surface area contributed by atoms with Gasteiger partial charge in [-0.05, 0) is 33.6 Å². The second kappa shape index (κ2) is 6.26. The monoisotopic (exact) mass is 277 g/mol. The molecule has 1 N–H and O–H groups in total. The van der Waals surface area contributed by atoms with Crippen molar-refractivity contribution in [3.05, 3.63) is 0 Å². The van der Waals surface area contributed by atoms with Gasteiger partial charge < -0.3 is 4.74 Å². The molecule has 0 unspecified atom stereocenters. The fourth-order valence-electron chi connectivity index (χ4n) is 1.18. The lowest BCUT2D eigenvalue weighted by molar-refractivity contribution is -0.146. The molecule has 0 fully saturated rings. The topological polar surface area (TPSA) is 50.2 Å². The van der Waals surface area contributed by atoms with Gasteiger partial charge in [-0.1, -0.05) is 22.9 Å². The van der Waals surface area contributed by atoms with Crippen molar-refractivity contribution < 1.29 is 9.53 Å². The van der Waals surface area contributed by atoms with E-state index in [1.807, 2.05) is 27.7 Å². The second-order valence-corrected chi connectivity index (χ2v) is 5.29. The summed E-state index contributed by atoms with van der Waals surface area (Å²) >= 11 is 3.32. The Labute approximate surface area is 100 Å². The number of hydrogen-bond donors (Lipinski definition) is 1. The number of esters is 1. The lowest BCUT2D eigenvalue weighted by atomic mass is 9.97. The van der Waals surface area contributed by atoms with Crippen molar-refractivity contribution in [2.45, 2.75) is 46.1 Å². The van der Waals surface area contributed by atoms with Crippen LogP contribution in [0.2, 0.25) is 0 Å².